The van der Waals surface area contributed by atoms with Gasteiger partial charge in [-0.25, -0.2) is 0 Å². The third-order valence-electron chi connectivity index (χ3n) is 4.05. The van der Waals surface area contributed by atoms with Gasteiger partial charge in [0.25, 0.3) is 0 Å². The molecule has 0 saturated heterocycles. The van der Waals surface area contributed by atoms with Crippen LogP contribution >= 0.6 is 11.6 Å². The lowest BCUT2D eigenvalue weighted by Crippen LogP contribution is -2.28. The van der Waals surface area contributed by atoms with Gasteiger partial charge in [-0.3, -0.25) is 0 Å². The van der Waals surface area contributed by atoms with Gasteiger partial charge in [0.2, 0.25) is 0 Å². The van der Waals surface area contributed by atoms with E-state index in [-0.39, 0.29) is 0 Å². The molecule has 2 rings (SSSR count). The average molecular weight is 238 g/mol. The molecule has 1 N–H and O–H groups in total. The largest absolute Gasteiger partial charge is 0.317 e. The molecule has 0 aliphatic heterocycles. The van der Waals surface area contributed by atoms with Crippen molar-refractivity contribution in [3.05, 3.63) is 34.3 Å². The molecule has 1 nitrogen and oxygen atoms in total. The number of hydrogen-bond donors (Lipinski definition) is 1. The number of nitrogens with one attached hydrogen (secondary N) is 1. The van der Waals surface area contributed by atoms with Crippen molar-refractivity contribution in [2.75, 3.05) is 7.05 Å². The van der Waals surface area contributed by atoms with Crippen LogP contribution in [0, 0.1) is 12.8 Å². The van der Waals surface area contributed by atoms with Crippen LogP contribution in [0.1, 0.15) is 36.8 Å². The van der Waals surface area contributed by atoms with E-state index in [9.17, 15) is 0 Å². The van der Waals surface area contributed by atoms with E-state index >= 15 is 0 Å². The van der Waals surface area contributed by atoms with Crippen LogP contribution in [0.3, 0.4) is 0 Å². The Morgan fingerprint density at radius 3 is 2.62 bits per heavy atom. The molecular formula is C14H20ClN. The minimum absolute atomic E-state index is 0.657. The molecule has 2 heteroatoms. The zero-order chi connectivity index (χ0) is 11.7. The molecule has 1 fully saturated rings. The Bertz CT molecular complexity index is 375. The fraction of sp³-hybridized carbons (Fsp3) is 0.571. The lowest BCUT2D eigenvalue weighted by atomic mass is 9.88. The highest BCUT2D eigenvalue weighted by atomic mass is 35.5. The molecule has 0 aromatic heterocycles. The van der Waals surface area contributed by atoms with Crippen molar-refractivity contribution in [3.63, 3.8) is 0 Å². The van der Waals surface area contributed by atoms with Crippen LogP contribution in [0.2, 0.25) is 5.02 Å². The van der Waals surface area contributed by atoms with E-state index in [1.54, 1.807) is 0 Å². The molecule has 1 aliphatic carbocycles. The molecule has 3 unspecified atom stereocenters. The summed E-state index contributed by atoms with van der Waals surface area (Å²) < 4.78 is 0. The zero-order valence-corrected chi connectivity index (χ0v) is 11.0. The summed E-state index contributed by atoms with van der Waals surface area (Å²) in [5.74, 6) is 1.36. The normalized spacial score (nSPS) is 29.6. The van der Waals surface area contributed by atoms with E-state index in [1.807, 2.05) is 0 Å². The first-order valence-electron chi connectivity index (χ1n) is 6.06. The van der Waals surface area contributed by atoms with Crippen LogP contribution in [0.4, 0.5) is 0 Å². The quantitative estimate of drug-likeness (QED) is 0.826. The predicted octanol–water partition coefficient (Wildman–Crippen LogP) is 3.75. The molecule has 1 aliphatic rings. The first-order chi connectivity index (χ1) is 7.63. The molecule has 88 valence electrons. The Kier molecular flexibility index (Phi) is 3.56. The van der Waals surface area contributed by atoms with E-state index in [2.05, 4.69) is 44.4 Å². The third-order valence-corrected chi connectivity index (χ3v) is 4.46. The maximum atomic E-state index is 6.19. The van der Waals surface area contributed by atoms with Gasteiger partial charge in [-0.2, -0.15) is 0 Å². The topological polar surface area (TPSA) is 12.0 Å². The Morgan fingerprint density at radius 2 is 2.06 bits per heavy atom. The highest BCUT2D eigenvalue weighted by Crippen LogP contribution is 2.40. The predicted molar refractivity (Wildman–Crippen MR) is 70.2 cm³/mol. The molecule has 0 amide bonds. The summed E-state index contributed by atoms with van der Waals surface area (Å²) in [5.41, 5.74) is 2.57. The second kappa shape index (κ2) is 4.77. The maximum absolute atomic E-state index is 6.19. The van der Waals surface area contributed by atoms with Crippen LogP contribution < -0.4 is 5.32 Å². The Morgan fingerprint density at radius 1 is 1.31 bits per heavy atom. The Hall–Kier alpha value is -0.530. The molecular weight excluding hydrogens is 218 g/mol. The van der Waals surface area contributed by atoms with Crippen LogP contribution in [0.5, 0.6) is 0 Å². The Balaban J connectivity index is 2.22. The van der Waals surface area contributed by atoms with Crippen molar-refractivity contribution in [1.82, 2.24) is 5.32 Å². The highest BCUT2D eigenvalue weighted by molar-refractivity contribution is 6.31. The van der Waals surface area contributed by atoms with E-state index in [1.165, 1.54) is 24.0 Å². The molecule has 0 heterocycles. The van der Waals surface area contributed by atoms with Gasteiger partial charge < -0.3 is 5.32 Å². The van der Waals surface area contributed by atoms with Crippen LogP contribution in [-0.4, -0.2) is 13.1 Å². The van der Waals surface area contributed by atoms with E-state index < -0.39 is 0 Å². The number of rotatable bonds is 2. The summed E-state index contributed by atoms with van der Waals surface area (Å²) in [6.07, 6.45) is 2.54. The fourth-order valence-corrected chi connectivity index (χ4v) is 3.07. The lowest BCUT2D eigenvalue weighted by Gasteiger charge is -2.21. The van der Waals surface area contributed by atoms with Gasteiger partial charge >= 0.3 is 0 Å². The van der Waals surface area contributed by atoms with Crippen molar-refractivity contribution < 1.29 is 0 Å². The summed E-state index contributed by atoms with van der Waals surface area (Å²) in [4.78, 5) is 0. The monoisotopic (exact) mass is 237 g/mol. The summed E-state index contributed by atoms with van der Waals surface area (Å²) >= 11 is 6.19. The second-order valence-corrected chi connectivity index (χ2v) is 5.35. The Labute approximate surface area is 103 Å². The van der Waals surface area contributed by atoms with E-state index in [0.29, 0.717) is 17.9 Å². The molecule has 16 heavy (non-hydrogen) atoms. The zero-order valence-electron chi connectivity index (χ0n) is 10.3. The van der Waals surface area contributed by atoms with E-state index in [0.717, 1.165) is 5.02 Å². The average Bonchev–Trinajstić information content (AvgIpc) is 2.64. The van der Waals surface area contributed by atoms with Crippen LogP contribution in [0.25, 0.3) is 0 Å². The molecule has 1 aromatic carbocycles. The molecule has 1 aromatic rings. The van der Waals surface area contributed by atoms with Crippen molar-refractivity contribution >= 4 is 11.6 Å². The molecule has 1 saturated carbocycles. The number of halogens is 1. The van der Waals surface area contributed by atoms with Crippen molar-refractivity contribution in [2.24, 2.45) is 5.92 Å². The summed E-state index contributed by atoms with van der Waals surface area (Å²) in [6.45, 7) is 4.40. The van der Waals surface area contributed by atoms with Gasteiger partial charge in [0.05, 0.1) is 0 Å². The number of hydrogen-bond acceptors (Lipinski definition) is 1. The highest BCUT2D eigenvalue weighted by Gasteiger charge is 2.32. The third kappa shape index (κ3) is 2.11. The summed E-state index contributed by atoms with van der Waals surface area (Å²) in [6, 6.07) is 7.18. The van der Waals surface area contributed by atoms with Crippen LogP contribution in [0.15, 0.2) is 18.2 Å². The number of benzene rings is 1. The standard InChI is InChI=1S/C14H20ClN/c1-9-4-5-11(8-13(9)15)12-6-7-14(16-3)10(12)2/h4-5,8,10,12,14,16H,6-7H2,1-3H3. The molecule has 0 radical (unpaired) electrons. The lowest BCUT2D eigenvalue weighted by molar-refractivity contribution is 0.429. The van der Waals surface area contributed by atoms with Gasteiger partial charge in [0.15, 0.2) is 0 Å². The number of aryl methyl sites for hydroxylation is 1. The fourth-order valence-electron chi connectivity index (χ4n) is 2.88. The molecule has 3 atom stereocenters. The smallest absolute Gasteiger partial charge is 0.0438 e. The summed E-state index contributed by atoms with van der Waals surface area (Å²) in [5, 5.41) is 4.31. The first kappa shape index (κ1) is 11.9. The maximum Gasteiger partial charge on any atom is 0.0438 e. The van der Waals surface area contributed by atoms with Gasteiger partial charge in [0, 0.05) is 11.1 Å². The first-order valence-corrected chi connectivity index (χ1v) is 6.44. The van der Waals surface area contributed by atoms with Gasteiger partial charge in [0.1, 0.15) is 0 Å². The van der Waals surface area contributed by atoms with Crippen molar-refractivity contribution in [2.45, 2.75) is 38.6 Å². The minimum Gasteiger partial charge on any atom is -0.317 e. The molecule has 0 spiro atoms. The van der Waals surface area contributed by atoms with Gasteiger partial charge in [-0.1, -0.05) is 30.7 Å². The van der Waals surface area contributed by atoms with Gasteiger partial charge in [-0.15, -0.1) is 0 Å². The van der Waals surface area contributed by atoms with Gasteiger partial charge in [-0.05, 0) is 55.8 Å². The SMILES string of the molecule is CNC1CCC(c2ccc(C)c(Cl)c2)C1C. The minimum atomic E-state index is 0.657. The van der Waals surface area contributed by atoms with E-state index in [4.69, 9.17) is 11.6 Å². The van der Waals surface area contributed by atoms with Crippen molar-refractivity contribution in [3.8, 4) is 0 Å². The molecule has 0 bridgehead atoms. The van der Waals surface area contributed by atoms with Crippen molar-refractivity contribution in [1.29, 1.82) is 0 Å². The summed E-state index contributed by atoms with van der Waals surface area (Å²) in [7, 11) is 2.06. The second-order valence-electron chi connectivity index (χ2n) is 4.95. The van der Waals surface area contributed by atoms with Crippen LogP contribution in [-0.2, 0) is 0 Å².